The van der Waals surface area contributed by atoms with Crippen LogP contribution in [0.15, 0.2) is 42.5 Å². The summed E-state index contributed by atoms with van der Waals surface area (Å²) in [5.74, 6) is -0.463. The number of hydrogen-bond donors (Lipinski definition) is 4. The molecule has 0 aliphatic heterocycles. The molecule has 0 radical (unpaired) electrons. The molecular weight excluding hydrogens is 344 g/mol. The average molecular weight is 368 g/mol. The highest BCUT2D eigenvalue weighted by atomic mass is 16.2. The Kier molecular flexibility index (Phi) is 6.93. The lowest BCUT2D eigenvalue weighted by atomic mass is 10.1. The summed E-state index contributed by atoms with van der Waals surface area (Å²) in [6, 6.07) is 12.2. The number of amides is 3. The summed E-state index contributed by atoms with van der Waals surface area (Å²) in [5, 5.41) is 11.2. The van der Waals surface area contributed by atoms with E-state index in [4.69, 9.17) is 0 Å². The summed E-state index contributed by atoms with van der Waals surface area (Å²) < 4.78 is 0. The van der Waals surface area contributed by atoms with Gasteiger partial charge in [-0.15, -0.1) is 0 Å². The third kappa shape index (κ3) is 5.85. The molecule has 0 atom stereocenters. The lowest BCUT2D eigenvalue weighted by Gasteiger charge is -2.12. The lowest BCUT2D eigenvalue weighted by Crippen LogP contribution is -2.22. The molecule has 0 aromatic heterocycles. The van der Waals surface area contributed by atoms with Crippen LogP contribution in [0.4, 0.5) is 17.1 Å². The first-order chi connectivity index (χ1) is 12.9. The van der Waals surface area contributed by atoms with Crippen molar-refractivity contribution in [2.45, 2.75) is 20.3 Å². The minimum atomic E-state index is -0.220. The molecule has 0 saturated carbocycles. The Morgan fingerprint density at radius 1 is 0.889 bits per heavy atom. The normalized spacial score (nSPS) is 10.0. The average Bonchev–Trinajstić information content (AvgIpc) is 2.68. The van der Waals surface area contributed by atoms with Gasteiger partial charge in [-0.1, -0.05) is 13.0 Å². The number of carbonyl (C=O) groups excluding carboxylic acids is 3. The molecule has 2 aromatic rings. The lowest BCUT2D eigenvalue weighted by molar-refractivity contribution is -0.116. The van der Waals surface area contributed by atoms with E-state index >= 15 is 0 Å². The molecule has 27 heavy (non-hydrogen) atoms. The zero-order chi connectivity index (χ0) is 19.8. The van der Waals surface area contributed by atoms with Gasteiger partial charge < -0.3 is 21.3 Å². The Morgan fingerprint density at radius 3 is 2.19 bits per heavy atom. The molecule has 7 nitrogen and oxygen atoms in total. The predicted molar refractivity (Wildman–Crippen MR) is 107 cm³/mol. The molecule has 142 valence electrons. The van der Waals surface area contributed by atoms with Crippen LogP contribution in [0, 0.1) is 6.92 Å². The van der Waals surface area contributed by atoms with Crippen molar-refractivity contribution in [3.8, 4) is 0 Å². The monoisotopic (exact) mass is 368 g/mol. The third-order valence-corrected chi connectivity index (χ3v) is 3.94. The van der Waals surface area contributed by atoms with Crippen LogP contribution in [0.25, 0.3) is 0 Å². The molecule has 3 amide bonds. The Hall–Kier alpha value is -3.35. The fourth-order valence-electron chi connectivity index (χ4n) is 2.34. The zero-order valence-corrected chi connectivity index (χ0v) is 15.7. The topological polar surface area (TPSA) is 99.3 Å². The maximum Gasteiger partial charge on any atom is 0.251 e. The van der Waals surface area contributed by atoms with Crippen molar-refractivity contribution >= 4 is 34.8 Å². The highest BCUT2D eigenvalue weighted by Gasteiger charge is 2.07. The van der Waals surface area contributed by atoms with E-state index in [-0.39, 0.29) is 24.3 Å². The molecule has 2 aromatic carbocycles. The molecule has 0 saturated heterocycles. The van der Waals surface area contributed by atoms with Crippen LogP contribution in [-0.4, -0.2) is 31.3 Å². The van der Waals surface area contributed by atoms with Gasteiger partial charge in [-0.2, -0.15) is 0 Å². The second-order valence-corrected chi connectivity index (χ2v) is 5.99. The van der Waals surface area contributed by atoms with Gasteiger partial charge in [-0.3, -0.25) is 14.4 Å². The van der Waals surface area contributed by atoms with Crippen molar-refractivity contribution in [1.82, 2.24) is 5.32 Å². The Labute approximate surface area is 158 Å². The van der Waals surface area contributed by atoms with Gasteiger partial charge >= 0.3 is 0 Å². The highest BCUT2D eigenvalue weighted by molar-refractivity contribution is 5.96. The van der Waals surface area contributed by atoms with E-state index in [1.54, 1.807) is 44.3 Å². The molecule has 0 unspecified atom stereocenters. The van der Waals surface area contributed by atoms with E-state index in [0.717, 1.165) is 16.9 Å². The summed E-state index contributed by atoms with van der Waals surface area (Å²) in [6.45, 7) is 3.77. The van der Waals surface area contributed by atoms with Crippen molar-refractivity contribution < 1.29 is 14.4 Å². The van der Waals surface area contributed by atoms with E-state index in [1.165, 1.54) is 0 Å². The molecule has 0 aliphatic carbocycles. The van der Waals surface area contributed by atoms with Gasteiger partial charge in [0.25, 0.3) is 5.91 Å². The third-order valence-electron chi connectivity index (χ3n) is 3.94. The maximum atomic E-state index is 12.1. The fourth-order valence-corrected chi connectivity index (χ4v) is 2.34. The van der Waals surface area contributed by atoms with Gasteiger partial charge in [-0.05, 0) is 48.9 Å². The summed E-state index contributed by atoms with van der Waals surface area (Å²) in [4.78, 5) is 35.2. The first-order valence-corrected chi connectivity index (χ1v) is 8.69. The summed E-state index contributed by atoms with van der Waals surface area (Å²) in [7, 11) is 1.56. The molecule has 0 spiro atoms. The molecular formula is C20H24N4O3. The van der Waals surface area contributed by atoms with Crippen molar-refractivity contribution in [2.75, 3.05) is 29.5 Å². The van der Waals surface area contributed by atoms with Crippen LogP contribution < -0.4 is 21.3 Å². The van der Waals surface area contributed by atoms with Gasteiger partial charge in [0.15, 0.2) is 0 Å². The molecule has 0 fully saturated rings. The van der Waals surface area contributed by atoms with E-state index in [9.17, 15) is 14.4 Å². The number of carbonyl (C=O) groups is 3. The van der Waals surface area contributed by atoms with E-state index in [0.29, 0.717) is 17.7 Å². The zero-order valence-electron chi connectivity index (χ0n) is 15.7. The standard InChI is InChI=1S/C20H24N4O3/c1-4-18(25)24-17-11-16(8-5-13(17)2)22-12-19(26)23-15-9-6-14(7-10-15)20(27)21-3/h5-11,22H,4,12H2,1-3H3,(H,21,27)(H,23,26)(H,24,25). The minimum absolute atomic E-state index is 0.0619. The Balaban J connectivity index is 1.92. The first-order valence-electron chi connectivity index (χ1n) is 8.69. The fraction of sp³-hybridized carbons (Fsp3) is 0.250. The van der Waals surface area contributed by atoms with Gasteiger partial charge in [0.1, 0.15) is 0 Å². The van der Waals surface area contributed by atoms with Crippen LogP contribution >= 0.6 is 0 Å². The van der Waals surface area contributed by atoms with Crippen molar-refractivity contribution in [3.05, 3.63) is 53.6 Å². The van der Waals surface area contributed by atoms with Crippen LogP contribution in [-0.2, 0) is 9.59 Å². The van der Waals surface area contributed by atoms with Crippen LogP contribution in [0.5, 0.6) is 0 Å². The number of hydrogen-bond acceptors (Lipinski definition) is 4. The number of benzene rings is 2. The molecule has 2 rings (SSSR count). The van der Waals surface area contributed by atoms with Gasteiger partial charge in [0, 0.05) is 36.1 Å². The minimum Gasteiger partial charge on any atom is -0.376 e. The molecule has 0 aliphatic rings. The summed E-state index contributed by atoms with van der Waals surface area (Å²) in [5.41, 5.74) is 3.53. The summed E-state index contributed by atoms with van der Waals surface area (Å²) in [6.07, 6.45) is 0.401. The van der Waals surface area contributed by atoms with E-state index < -0.39 is 0 Å². The number of anilines is 3. The largest absolute Gasteiger partial charge is 0.376 e. The highest BCUT2D eigenvalue weighted by Crippen LogP contribution is 2.20. The number of nitrogens with one attached hydrogen (secondary N) is 4. The van der Waals surface area contributed by atoms with Crippen molar-refractivity contribution in [2.24, 2.45) is 0 Å². The van der Waals surface area contributed by atoms with Crippen molar-refractivity contribution in [3.63, 3.8) is 0 Å². The molecule has 7 heteroatoms. The number of rotatable bonds is 7. The SMILES string of the molecule is CCC(=O)Nc1cc(NCC(=O)Nc2ccc(C(=O)NC)cc2)ccc1C. The van der Waals surface area contributed by atoms with E-state index in [2.05, 4.69) is 21.3 Å². The molecule has 0 heterocycles. The second-order valence-electron chi connectivity index (χ2n) is 5.99. The quantitative estimate of drug-likeness (QED) is 0.604. The maximum absolute atomic E-state index is 12.1. The Bertz CT molecular complexity index is 832. The van der Waals surface area contributed by atoms with Gasteiger partial charge in [0.05, 0.1) is 6.54 Å². The molecule has 4 N–H and O–H groups in total. The smallest absolute Gasteiger partial charge is 0.251 e. The van der Waals surface area contributed by atoms with Gasteiger partial charge in [-0.25, -0.2) is 0 Å². The predicted octanol–water partition coefficient (Wildman–Crippen LogP) is 2.75. The number of aryl methyl sites for hydroxylation is 1. The van der Waals surface area contributed by atoms with E-state index in [1.807, 2.05) is 19.1 Å². The second kappa shape index (κ2) is 9.38. The van der Waals surface area contributed by atoms with Crippen molar-refractivity contribution in [1.29, 1.82) is 0 Å². The first kappa shape index (κ1) is 20.0. The summed E-state index contributed by atoms with van der Waals surface area (Å²) >= 11 is 0. The van der Waals surface area contributed by atoms with Crippen LogP contribution in [0.2, 0.25) is 0 Å². The van der Waals surface area contributed by atoms with Gasteiger partial charge in [0.2, 0.25) is 11.8 Å². The Morgan fingerprint density at radius 2 is 1.56 bits per heavy atom. The molecule has 0 bridgehead atoms. The van der Waals surface area contributed by atoms with Crippen LogP contribution in [0.3, 0.4) is 0 Å². The van der Waals surface area contributed by atoms with Crippen LogP contribution in [0.1, 0.15) is 29.3 Å².